The molecule has 2 amide bonds. The second kappa shape index (κ2) is 11.4. The first-order chi connectivity index (χ1) is 16.7. The summed E-state index contributed by atoms with van der Waals surface area (Å²) in [5, 5.41) is 0. The smallest absolute Gasteiger partial charge is 0.248 e. The number of carbonyl (C=O) groups excluding carboxylic acids is 2. The molecule has 4 rings (SSSR count). The van der Waals surface area contributed by atoms with Gasteiger partial charge in [-0.25, -0.2) is 8.42 Å². The zero-order valence-electron chi connectivity index (χ0n) is 21.0. The number of benzene rings is 1. The predicted octanol–water partition coefficient (Wildman–Crippen LogP) is 3.34. The number of amides is 2. The van der Waals surface area contributed by atoms with Crippen LogP contribution in [0.3, 0.4) is 0 Å². The number of nitrogens with zero attached hydrogens (tertiary/aromatic N) is 2. The van der Waals surface area contributed by atoms with Crippen molar-refractivity contribution in [1.82, 2.24) is 9.80 Å². The summed E-state index contributed by atoms with van der Waals surface area (Å²) in [6.45, 7) is 2.26. The minimum absolute atomic E-state index is 0.242. The Hall–Kier alpha value is -1.93. The minimum atomic E-state index is -3.33. The molecule has 8 heteroatoms. The van der Waals surface area contributed by atoms with Crippen molar-refractivity contribution < 1.29 is 18.0 Å². The zero-order chi connectivity index (χ0) is 25.0. The van der Waals surface area contributed by atoms with Crippen molar-refractivity contribution in [3.8, 4) is 0 Å². The van der Waals surface area contributed by atoms with Crippen LogP contribution in [0.15, 0.2) is 24.3 Å². The summed E-state index contributed by atoms with van der Waals surface area (Å²) in [5.74, 6) is -0.0668. The largest absolute Gasteiger partial charge is 0.366 e. The van der Waals surface area contributed by atoms with Gasteiger partial charge >= 0.3 is 0 Å². The molecule has 3 aliphatic rings. The van der Waals surface area contributed by atoms with Crippen LogP contribution in [0, 0.1) is 5.92 Å². The summed E-state index contributed by atoms with van der Waals surface area (Å²) in [6, 6.07) is 8.82. The molecule has 35 heavy (non-hydrogen) atoms. The van der Waals surface area contributed by atoms with Gasteiger partial charge in [-0.05, 0) is 74.5 Å². The van der Waals surface area contributed by atoms with Gasteiger partial charge in [0.15, 0.2) is 9.84 Å². The van der Waals surface area contributed by atoms with E-state index in [1.165, 1.54) is 37.7 Å². The third kappa shape index (κ3) is 7.06. The highest BCUT2D eigenvalue weighted by Crippen LogP contribution is 2.43. The molecule has 1 aromatic rings. The van der Waals surface area contributed by atoms with Crippen LogP contribution in [-0.2, 0) is 14.6 Å². The summed E-state index contributed by atoms with van der Waals surface area (Å²) in [5.41, 5.74) is 7.27. The Morgan fingerprint density at radius 3 is 2.37 bits per heavy atom. The molecule has 0 spiro atoms. The van der Waals surface area contributed by atoms with Crippen molar-refractivity contribution in [2.24, 2.45) is 11.7 Å². The number of carbonyl (C=O) groups is 2. The average Bonchev–Trinajstić information content (AvgIpc) is 3.04. The summed E-state index contributed by atoms with van der Waals surface area (Å²) in [6.07, 6.45) is 12.5. The minimum Gasteiger partial charge on any atom is -0.366 e. The van der Waals surface area contributed by atoms with Crippen LogP contribution in [0.2, 0.25) is 0 Å². The third-order valence-corrected chi connectivity index (χ3v) is 9.08. The van der Waals surface area contributed by atoms with Gasteiger partial charge in [0.05, 0.1) is 0 Å². The fourth-order valence-electron chi connectivity index (χ4n) is 6.62. The van der Waals surface area contributed by atoms with E-state index in [-0.39, 0.29) is 17.6 Å². The highest BCUT2D eigenvalue weighted by atomic mass is 32.2. The second-order valence-electron chi connectivity index (χ2n) is 11.0. The van der Waals surface area contributed by atoms with E-state index in [1.54, 1.807) is 6.07 Å². The fourth-order valence-corrected chi connectivity index (χ4v) is 7.25. The maximum absolute atomic E-state index is 12.8. The Labute approximate surface area is 210 Å². The van der Waals surface area contributed by atoms with Crippen molar-refractivity contribution in [2.45, 2.75) is 82.2 Å². The Morgan fingerprint density at radius 2 is 1.74 bits per heavy atom. The topological polar surface area (TPSA) is 101 Å². The first kappa shape index (κ1) is 26.1. The van der Waals surface area contributed by atoms with Crippen molar-refractivity contribution in [3.63, 3.8) is 0 Å². The first-order valence-corrected chi connectivity index (χ1v) is 15.4. The standard InChI is InChI=1S/C27H41N3O4S/c1-35(33,34)19-26(31)29(18-20-7-3-2-4-8-20)13-6-14-30-24-11-12-25(30)17-23(16-24)21-9-5-10-22(15-21)27(28)32/h5,9-10,15,20,23-25H,2-4,6-8,11-14,16-19H2,1H3,(H2,28,32)/t23?,24-,25+. The van der Waals surface area contributed by atoms with E-state index in [1.807, 2.05) is 17.0 Å². The second-order valence-corrected chi connectivity index (χ2v) is 13.2. The van der Waals surface area contributed by atoms with Crippen molar-refractivity contribution >= 4 is 21.7 Å². The Balaban J connectivity index is 1.33. The highest BCUT2D eigenvalue weighted by molar-refractivity contribution is 7.91. The number of rotatable bonds is 10. The molecule has 1 saturated carbocycles. The van der Waals surface area contributed by atoms with Crippen LogP contribution < -0.4 is 5.73 Å². The van der Waals surface area contributed by atoms with Gasteiger partial charge in [-0.2, -0.15) is 0 Å². The number of piperidine rings is 1. The molecule has 2 bridgehead atoms. The van der Waals surface area contributed by atoms with Crippen molar-refractivity contribution in [3.05, 3.63) is 35.4 Å². The molecule has 7 nitrogen and oxygen atoms in total. The molecule has 2 saturated heterocycles. The average molecular weight is 504 g/mol. The summed E-state index contributed by atoms with van der Waals surface area (Å²) in [4.78, 5) is 28.9. The fraction of sp³-hybridized carbons (Fsp3) is 0.704. The van der Waals surface area contributed by atoms with Crippen molar-refractivity contribution in [2.75, 3.05) is 31.6 Å². The quantitative estimate of drug-likeness (QED) is 0.528. The van der Waals surface area contributed by atoms with E-state index >= 15 is 0 Å². The lowest BCUT2D eigenvalue weighted by molar-refractivity contribution is -0.129. The van der Waals surface area contributed by atoms with Gasteiger partial charge in [-0.1, -0.05) is 31.4 Å². The van der Waals surface area contributed by atoms with Crippen LogP contribution in [0.1, 0.15) is 86.0 Å². The number of primary amides is 1. The molecule has 194 valence electrons. The maximum atomic E-state index is 12.8. The Bertz CT molecular complexity index is 991. The lowest BCUT2D eigenvalue weighted by Crippen LogP contribution is -2.45. The SMILES string of the molecule is CS(=O)(=O)CC(=O)N(CCCN1[C@@H]2CC[C@H]1CC(c1cccc(C(N)=O)c1)C2)CC1CCCCC1. The molecule has 3 fully saturated rings. The zero-order valence-corrected chi connectivity index (χ0v) is 21.8. The van der Waals surface area contributed by atoms with E-state index in [0.29, 0.717) is 42.6 Å². The van der Waals surface area contributed by atoms with Gasteiger partial charge in [-0.15, -0.1) is 0 Å². The molecule has 3 atom stereocenters. The van der Waals surface area contributed by atoms with Crippen LogP contribution in [0.5, 0.6) is 0 Å². The number of hydrogen-bond acceptors (Lipinski definition) is 5. The maximum Gasteiger partial charge on any atom is 0.248 e. The molecule has 2 aliphatic heterocycles. The summed E-state index contributed by atoms with van der Waals surface area (Å²) in [7, 11) is -3.33. The van der Waals surface area contributed by atoms with Gasteiger partial charge in [0.2, 0.25) is 11.8 Å². The number of fused-ring (bicyclic) bond motifs is 2. The third-order valence-electron chi connectivity index (χ3n) is 8.31. The number of nitrogens with two attached hydrogens (primary N) is 1. The van der Waals surface area contributed by atoms with Crippen molar-refractivity contribution in [1.29, 1.82) is 0 Å². The molecular formula is C27H41N3O4S. The normalized spacial score (nSPS) is 25.5. The van der Waals surface area contributed by atoms with Crippen LogP contribution in [0.25, 0.3) is 0 Å². The van der Waals surface area contributed by atoms with Gasteiger partial charge in [-0.3, -0.25) is 14.5 Å². The van der Waals surface area contributed by atoms with Crippen LogP contribution in [-0.4, -0.2) is 73.8 Å². The van der Waals surface area contributed by atoms with E-state index in [2.05, 4.69) is 11.0 Å². The summed E-state index contributed by atoms with van der Waals surface area (Å²) >= 11 is 0. The Morgan fingerprint density at radius 1 is 1.06 bits per heavy atom. The van der Waals surface area contributed by atoms with E-state index < -0.39 is 9.84 Å². The van der Waals surface area contributed by atoms with Gasteiger partial charge in [0.25, 0.3) is 0 Å². The van der Waals surface area contributed by atoms with Crippen LogP contribution in [0.4, 0.5) is 0 Å². The molecule has 1 aliphatic carbocycles. The van der Waals surface area contributed by atoms with E-state index in [4.69, 9.17) is 5.73 Å². The van der Waals surface area contributed by atoms with Gasteiger partial charge < -0.3 is 10.6 Å². The molecule has 1 unspecified atom stereocenters. The number of hydrogen-bond donors (Lipinski definition) is 1. The molecule has 0 aromatic heterocycles. The monoisotopic (exact) mass is 503 g/mol. The molecule has 2 N–H and O–H groups in total. The lowest BCUT2D eigenvalue weighted by Gasteiger charge is -2.39. The first-order valence-electron chi connectivity index (χ1n) is 13.3. The van der Waals surface area contributed by atoms with Crippen LogP contribution >= 0.6 is 0 Å². The van der Waals surface area contributed by atoms with E-state index in [0.717, 1.165) is 44.9 Å². The Kier molecular flexibility index (Phi) is 8.53. The predicted molar refractivity (Wildman–Crippen MR) is 138 cm³/mol. The number of sulfone groups is 1. The highest BCUT2D eigenvalue weighted by Gasteiger charge is 2.40. The lowest BCUT2D eigenvalue weighted by atomic mass is 9.84. The molecular weight excluding hydrogens is 462 g/mol. The molecule has 1 aromatic carbocycles. The van der Waals surface area contributed by atoms with Gasteiger partial charge in [0, 0.05) is 43.5 Å². The summed E-state index contributed by atoms with van der Waals surface area (Å²) < 4.78 is 23.6. The van der Waals surface area contributed by atoms with Gasteiger partial charge in [0.1, 0.15) is 5.75 Å². The molecule has 0 radical (unpaired) electrons. The molecule has 2 heterocycles. The van der Waals surface area contributed by atoms with E-state index in [9.17, 15) is 18.0 Å².